The Morgan fingerprint density at radius 1 is 1.04 bits per heavy atom. The van der Waals surface area contributed by atoms with Crippen LogP contribution in [0.4, 0.5) is 0 Å². The van der Waals surface area contributed by atoms with Crippen molar-refractivity contribution in [3.63, 3.8) is 0 Å². The van der Waals surface area contributed by atoms with Gasteiger partial charge < -0.3 is 20.7 Å². The van der Waals surface area contributed by atoms with Gasteiger partial charge in [-0.3, -0.25) is 4.79 Å². The predicted molar refractivity (Wildman–Crippen MR) is 132 cm³/mol. The maximum absolute atomic E-state index is 10.9. The maximum Gasteiger partial charge on any atom is 0.320 e. The normalized spacial score (nSPS) is 11.6. The Kier molecular flexibility index (Phi) is 9.76. The Morgan fingerprint density at radius 2 is 1.52 bits per heavy atom. The van der Waals surface area contributed by atoms with Gasteiger partial charge in [0.05, 0.1) is 14.3 Å². The number of hydrogen-bond acceptors (Lipinski definition) is 4. The number of benzene rings is 2. The predicted octanol–water partition coefficient (Wildman–Crippen LogP) is 4.98. The van der Waals surface area contributed by atoms with Crippen LogP contribution in [0.15, 0.2) is 24.3 Å². The molecule has 0 aliphatic heterocycles. The third-order valence-corrected chi connectivity index (χ3v) is 6.29. The molecule has 0 aromatic heterocycles. The van der Waals surface area contributed by atoms with Gasteiger partial charge in [0.2, 0.25) is 0 Å². The van der Waals surface area contributed by atoms with E-state index in [1.165, 1.54) is 0 Å². The topological polar surface area (TPSA) is 92.8 Å². The lowest BCUT2D eigenvalue weighted by Crippen LogP contribution is -2.32. The third kappa shape index (κ3) is 6.36. The molecule has 0 bridgehead atoms. The number of rotatable bonds is 5. The Balaban J connectivity index is 0.00000312. The number of phenols is 1. The Labute approximate surface area is 205 Å². The summed E-state index contributed by atoms with van der Waals surface area (Å²) < 4.78 is 9.14. The molecule has 2 aromatic rings. The van der Waals surface area contributed by atoms with E-state index in [1.54, 1.807) is 12.1 Å². The molecule has 4 N–H and O–H groups in total. The average Bonchev–Trinajstić information content (AvgIpc) is 2.48. The second-order valence-corrected chi connectivity index (χ2v) is 9.52. The molecule has 0 aliphatic carbocycles. The smallest absolute Gasteiger partial charge is 0.320 e. The van der Waals surface area contributed by atoms with E-state index in [1.807, 2.05) is 12.1 Å². The van der Waals surface area contributed by atoms with Crippen molar-refractivity contribution in [2.24, 2.45) is 5.73 Å². The Hall–Kier alpha value is 0.680. The summed E-state index contributed by atoms with van der Waals surface area (Å²) in [5, 5.41) is 18.8. The van der Waals surface area contributed by atoms with E-state index in [9.17, 15) is 9.90 Å². The lowest BCUT2D eigenvalue weighted by atomic mass is 10.1. The van der Waals surface area contributed by atoms with Crippen molar-refractivity contribution in [2.45, 2.75) is 12.5 Å². The molecule has 25 heavy (non-hydrogen) atoms. The first-order valence-corrected chi connectivity index (χ1v) is 10.8. The Morgan fingerprint density at radius 3 is 1.96 bits per heavy atom. The summed E-state index contributed by atoms with van der Waals surface area (Å²) in [6.07, 6.45) is 0.261. The van der Waals surface area contributed by atoms with Crippen molar-refractivity contribution in [3.8, 4) is 17.2 Å². The molecule has 0 radical (unpaired) electrons. The summed E-state index contributed by atoms with van der Waals surface area (Å²) in [4.78, 5) is 10.9. The van der Waals surface area contributed by atoms with E-state index in [0.29, 0.717) is 18.6 Å². The molecule has 0 amide bonds. The highest BCUT2D eigenvalue weighted by Gasteiger charge is 2.16. The zero-order valence-corrected chi connectivity index (χ0v) is 21.7. The highest BCUT2D eigenvalue weighted by molar-refractivity contribution is 14.1. The fourth-order valence-corrected chi connectivity index (χ4v) is 5.72. The van der Waals surface area contributed by atoms with Crippen LogP contribution < -0.4 is 10.5 Å². The van der Waals surface area contributed by atoms with Crippen LogP contribution in [0.25, 0.3) is 0 Å². The summed E-state index contributed by atoms with van der Waals surface area (Å²) >= 11 is 8.42. The van der Waals surface area contributed by atoms with Crippen molar-refractivity contribution >= 4 is 109 Å². The minimum Gasteiger partial charge on any atom is -0.506 e. The molecule has 0 saturated heterocycles. The van der Waals surface area contributed by atoms with Gasteiger partial charge in [0.15, 0.2) is 5.75 Å². The summed E-state index contributed by atoms with van der Waals surface area (Å²) in [5.74, 6) is 0.549. The van der Waals surface area contributed by atoms with Gasteiger partial charge in [-0.2, -0.15) is 0 Å². The molecule has 5 nitrogen and oxygen atoms in total. The second-order valence-electron chi connectivity index (χ2n) is 4.88. The zero-order valence-electron chi connectivity index (χ0n) is 12.3. The lowest BCUT2D eigenvalue weighted by Gasteiger charge is -2.14. The molecule has 1 unspecified atom stereocenters. The van der Waals surface area contributed by atoms with Crippen molar-refractivity contribution in [2.75, 3.05) is 0 Å². The largest absolute Gasteiger partial charge is 0.506 e. The number of carbonyl (C=O) groups is 1. The SMILES string of the molecule is Cl.NC(Cc1cc(I)c(Oc2cc(I)c(O)c(I)c2)c(I)c1)C(=O)O. The molecule has 0 spiro atoms. The molecular weight excluding hydrogens is 801 g/mol. The summed E-state index contributed by atoms with van der Waals surface area (Å²) in [6, 6.07) is 6.34. The number of aliphatic carboxylic acids is 1. The molecule has 0 saturated carbocycles. The minimum atomic E-state index is -1.02. The second kappa shape index (κ2) is 10.3. The number of halogens is 5. The molecule has 0 heterocycles. The van der Waals surface area contributed by atoms with Gasteiger partial charge in [-0.25, -0.2) is 0 Å². The molecular formula is C15H12ClI4NO4. The summed E-state index contributed by atoms with van der Waals surface area (Å²) in [5.41, 5.74) is 6.44. The molecule has 0 aliphatic rings. The molecule has 2 rings (SSSR count). The number of nitrogens with two attached hydrogens (primary N) is 1. The van der Waals surface area contributed by atoms with Crippen molar-refractivity contribution in [1.82, 2.24) is 0 Å². The number of carboxylic acids is 1. The van der Waals surface area contributed by atoms with Crippen LogP contribution in [0.2, 0.25) is 0 Å². The summed E-state index contributed by atoms with van der Waals surface area (Å²) in [6.45, 7) is 0. The van der Waals surface area contributed by atoms with Crippen LogP contribution in [0.1, 0.15) is 5.56 Å². The van der Waals surface area contributed by atoms with E-state index < -0.39 is 12.0 Å². The van der Waals surface area contributed by atoms with E-state index in [4.69, 9.17) is 15.6 Å². The molecule has 136 valence electrons. The van der Waals surface area contributed by atoms with Gasteiger partial charge in [-0.1, -0.05) is 0 Å². The van der Waals surface area contributed by atoms with E-state index in [0.717, 1.165) is 12.7 Å². The fraction of sp³-hybridized carbons (Fsp3) is 0.133. The third-order valence-electron chi connectivity index (χ3n) is 3.04. The van der Waals surface area contributed by atoms with Gasteiger partial charge in [-0.05, 0) is 127 Å². The first-order chi connectivity index (χ1) is 11.2. The first kappa shape index (κ1) is 23.7. The van der Waals surface area contributed by atoms with Crippen LogP contribution in [0.3, 0.4) is 0 Å². The number of ether oxygens (including phenoxy) is 1. The molecule has 10 heteroatoms. The van der Waals surface area contributed by atoms with Crippen molar-refractivity contribution < 1.29 is 19.7 Å². The Bertz CT molecular complexity index is 757. The number of phenolic OH excluding ortho intramolecular Hbond substituents is 1. The van der Waals surface area contributed by atoms with E-state index in [2.05, 4.69) is 90.4 Å². The van der Waals surface area contributed by atoms with Crippen LogP contribution >= 0.6 is 103 Å². The number of carboxylic acid groups (broad SMARTS) is 1. The van der Waals surface area contributed by atoms with Crippen LogP contribution in [-0.2, 0) is 11.2 Å². The number of aromatic hydroxyl groups is 1. The zero-order chi connectivity index (χ0) is 18.0. The van der Waals surface area contributed by atoms with E-state index >= 15 is 0 Å². The number of hydrogen-bond donors (Lipinski definition) is 3. The molecule has 2 aromatic carbocycles. The molecule has 0 fully saturated rings. The standard InChI is InChI=1S/C15H11I4NO4.ClH/c16-8-4-7(5-9(17)13(8)21)24-14-10(18)1-6(2-11(14)19)3-12(20)15(22)23;/h1-2,4-5,12,21H,3,20H2,(H,22,23);1H. The summed E-state index contributed by atoms with van der Waals surface area (Å²) in [7, 11) is 0. The first-order valence-electron chi connectivity index (χ1n) is 6.51. The van der Waals surface area contributed by atoms with Crippen LogP contribution in [-0.4, -0.2) is 22.2 Å². The fourth-order valence-electron chi connectivity index (χ4n) is 1.89. The quantitative estimate of drug-likeness (QED) is 0.371. The van der Waals surface area contributed by atoms with Gasteiger partial charge >= 0.3 is 5.97 Å². The van der Waals surface area contributed by atoms with Gasteiger partial charge in [0.1, 0.15) is 17.5 Å². The van der Waals surface area contributed by atoms with Crippen molar-refractivity contribution in [3.05, 3.63) is 44.1 Å². The van der Waals surface area contributed by atoms with Crippen molar-refractivity contribution in [1.29, 1.82) is 0 Å². The average molecular weight is 813 g/mol. The van der Waals surface area contributed by atoms with Gasteiger partial charge in [0.25, 0.3) is 0 Å². The van der Waals surface area contributed by atoms with Gasteiger partial charge in [0, 0.05) is 0 Å². The molecule has 1 atom stereocenters. The monoisotopic (exact) mass is 813 g/mol. The van der Waals surface area contributed by atoms with Gasteiger partial charge in [-0.15, -0.1) is 12.4 Å². The lowest BCUT2D eigenvalue weighted by molar-refractivity contribution is -0.138. The highest BCUT2D eigenvalue weighted by Crippen LogP contribution is 2.36. The van der Waals surface area contributed by atoms with Crippen LogP contribution in [0, 0.1) is 14.3 Å². The minimum absolute atomic E-state index is 0. The maximum atomic E-state index is 10.9. The van der Waals surface area contributed by atoms with Crippen LogP contribution in [0.5, 0.6) is 17.2 Å². The van der Waals surface area contributed by atoms with E-state index in [-0.39, 0.29) is 24.6 Å². The highest BCUT2D eigenvalue weighted by atomic mass is 127.